The second-order valence-corrected chi connectivity index (χ2v) is 4.63. The molecular weight excluding hydrogens is 218 g/mol. The molecule has 0 spiro atoms. The van der Waals surface area contributed by atoms with Gasteiger partial charge in [-0.3, -0.25) is 9.59 Å². The average molecular weight is 241 g/mol. The number of hydrogen-bond donors (Lipinski definition) is 2. The Morgan fingerprint density at radius 3 is 2.41 bits per heavy atom. The first kappa shape index (κ1) is 15.7. The lowest BCUT2D eigenvalue weighted by Gasteiger charge is -2.15. The van der Waals surface area contributed by atoms with Crippen molar-refractivity contribution in [2.45, 2.75) is 40.0 Å². The van der Waals surface area contributed by atoms with Gasteiger partial charge in [0.1, 0.15) is 0 Å². The van der Waals surface area contributed by atoms with Gasteiger partial charge in [-0.05, 0) is 19.8 Å². The molecule has 0 aromatic carbocycles. The van der Waals surface area contributed by atoms with Crippen molar-refractivity contribution in [1.82, 2.24) is 5.32 Å². The summed E-state index contributed by atoms with van der Waals surface area (Å²) in [6.07, 6.45) is 2.02. The van der Waals surface area contributed by atoms with E-state index in [1.165, 1.54) is 0 Å². The summed E-state index contributed by atoms with van der Waals surface area (Å²) in [6.45, 7) is 9.59. The van der Waals surface area contributed by atoms with Gasteiger partial charge in [-0.15, -0.1) is 6.58 Å². The fourth-order valence-electron chi connectivity index (χ4n) is 1.67. The summed E-state index contributed by atoms with van der Waals surface area (Å²) in [5.41, 5.74) is 0.955. The summed E-state index contributed by atoms with van der Waals surface area (Å²) >= 11 is 0. The van der Waals surface area contributed by atoms with Crippen molar-refractivity contribution < 1.29 is 14.7 Å². The third-order valence-corrected chi connectivity index (χ3v) is 2.61. The number of rotatable bonds is 8. The summed E-state index contributed by atoms with van der Waals surface area (Å²) < 4.78 is 0. The van der Waals surface area contributed by atoms with E-state index < -0.39 is 11.9 Å². The quantitative estimate of drug-likeness (QED) is 0.640. The number of amides is 1. The zero-order valence-corrected chi connectivity index (χ0v) is 11.0. The molecule has 98 valence electrons. The molecule has 0 bridgehead atoms. The van der Waals surface area contributed by atoms with E-state index in [9.17, 15) is 9.59 Å². The number of nitrogens with one attached hydrogen (secondary N) is 1. The minimum Gasteiger partial charge on any atom is -0.481 e. The highest BCUT2D eigenvalue weighted by Gasteiger charge is 2.19. The molecule has 0 saturated heterocycles. The Morgan fingerprint density at radius 1 is 1.41 bits per heavy atom. The molecule has 4 heteroatoms. The van der Waals surface area contributed by atoms with Crippen LogP contribution in [0.15, 0.2) is 12.2 Å². The predicted octanol–water partition coefficient (Wildman–Crippen LogP) is 2.21. The number of carboxylic acid groups (broad SMARTS) is 1. The standard InChI is InChI=1S/C13H23NO3/c1-5-6-11(13(16)17)8-14-12(15)10(4)7-9(2)3/h10-11H,2,5-8H2,1,3-4H3,(H,14,15)(H,16,17). The second kappa shape index (κ2) is 7.87. The molecule has 4 nitrogen and oxygen atoms in total. The number of carbonyl (C=O) groups excluding carboxylic acids is 1. The molecule has 0 aromatic heterocycles. The van der Waals surface area contributed by atoms with Crippen molar-refractivity contribution in [2.24, 2.45) is 11.8 Å². The fraction of sp³-hybridized carbons (Fsp3) is 0.692. The number of allylic oxidation sites excluding steroid dienone is 1. The number of hydrogen-bond acceptors (Lipinski definition) is 2. The summed E-state index contributed by atoms with van der Waals surface area (Å²) in [5.74, 6) is -1.58. The van der Waals surface area contributed by atoms with Gasteiger partial charge in [-0.2, -0.15) is 0 Å². The smallest absolute Gasteiger partial charge is 0.308 e. The normalized spacial score (nSPS) is 13.8. The van der Waals surface area contributed by atoms with Crippen LogP contribution in [0.1, 0.15) is 40.0 Å². The first-order chi connectivity index (χ1) is 7.88. The Kier molecular flexibility index (Phi) is 7.26. The van der Waals surface area contributed by atoms with Crippen LogP contribution in [-0.2, 0) is 9.59 Å². The van der Waals surface area contributed by atoms with Crippen molar-refractivity contribution in [1.29, 1.82) is 0 Å². The van der Waals surface area contributed by atoms with Crippen LogP contribution < -0.4 is 5.32 Å². The monoisotopic (exact) mass is 241 g/mol. The van der Waals surface area contributed by atoms with E-state index in [1.54, 1.807) is 0 Å². The fourth-order valence-corrected chi connectivity index (χ4v) is 1.67. The lowest BCUT2D eigenvalue weighted by atomic mass is 10.0. The summed E-state index contributed by atoms with van der Waals surface area (Å²) in [4.78, 5) is 22.5. The van der Waals surface area contributed by atoms with Gasteiger partial charge in [0.2, 0.25) is 5.91 Å². The number of carboxylic acids is 1. The van der Waals surface area contributed by atoms with E-state index in [0.717, 1.165) is 12.0 Å². The maximum Gasteiger partial charge on any atom is 0.308 e. The molecule has 2 atom stereocenters. The molecular formula is C13H23NO3. The van der Waals surface area contributed by atoms with E-state index >= 15 is 0 Å². The van der Waals surface area contributed by atoms with Crippen molar-refractivity contribution >= 4 is 11.9 Å². The summed E-state index contributed by atoms with van der Waals surface area (Å²) in [5, 5.41) is 11.6. The average Bonchev–Trinajstić information content (AvgIpc) is 2.22. The number of carbonyl (C=O) groups is 2. The molecule has 0 aliphatic rings. The maximum atomic E-state index is 11.7. The van der Waals surface area contributed by atoms with Gasteiger partial charge in [-0.1, -0.05) is 25.8 Å². The highest BCUT2D eigenvalue weighted by atomic mass is 16.4. The second-order valence-electron chi connectivity index (χ2n) is 4.63. The lowest BCUT2D eigenvalue weighted by molar-refractivity contribution is -0.142. The third kappa shape index (κ3) is 6.76. The van der Waals surface area contributed by atoms with E-state index in [2.05, 4.69) is 11.9 Å². The van der Waals surface area contributed by atoms with Crippen LogP contribution in [0.3, 0.4) is 0 Å². The van der Waals surface area contributed by atoms with Crippen molar-refractivity contribution in [3.05, 3.63) is 12.2 Å². The molecule has 1 amide bonds. The lowest BCUT2D eigenvalue weighted by Crippen LogP contribution is -2.36. The zero-order valence-electron chi connectivity index (χ0n) is 11.0. The van der Waals surface area contributed by atoms with Gasteiger partial charge < -0.3 is 10.4 Å². The Bertz CT molecular complexity index is 286. The number of aliphatic carboxylic acids is 1. The molecule has 0 heterocycles. The van der Waals surface area contributed by atoms with Gasteiger partial charge in [0.25, 0.3) is 0 Å². The van der Waals surface area contributed by atoms with Gasteiger partial charge in [0.15, 0.2) is 0 Å². The highest BCUT2D eigenvalue weighted by molar-refractivity contribution is 5.79. The van der Waals surface area contributed by atoms with Crippen molar-refractivity contribution in [3.63, 3.8) is 0 Å². The Labute approximate surface area is 103 Å². The van der Waals surface area contributed by atoms with Crippen molar-refractivity contribution in [3.8, 4) is 0 Å². The minimum atomic E-state index is -0.847. The van der Waals surface area contributed by atoms with Gasteiger partial charge in [-0.25, -0.2) is 0 Å². The maximum absolute atomic E-state index is 11.7. The Morgan fingerprint density at radius 2 is 2.00 bits per heavy atom. The van der Waals surface area contributed by atoms with E-state index in [0.29, 0.717) is 12.8 Å². The first-order valence-corrected chi connectivity index (χ1v) is 6.03. The molecule has 0 radical (unpaired) electrons. The largest absolute Gasteiger partial charge is 0.481 e. The Balaban J connectivity index is 4.11. The van der Waals surface area contributed by atoms with Crippen LogP contribution in [0.2, 0.25) is 0 Å². The molecule has 2 N–H and O–H groups in total. The predicted molar refractivity (Wildman–Crippen MR) is 67.6 cm³/mol. The van der Waals surface area contributed by atoms with Crippen LogP contribution in [0.25, 0.3) is 0 Å². The van der Waals surface area contributed by atoms with Gasteiger partial charge >= 0.3 is 5.97 Å². The molecule has 0 saturated carbocycles. The first-order valence-electron chi connectivity index (χ1n) is 6.03. The third-order valence-electron chi connectivity index (χ3n) is 2.61. The topological polar surface area (TPSA) is 66.4 Å². The summed E-state index contributed by atoms with van der Waals surface area (Å²) in [6, 6.07) is 0. The minimum absolute atomic E-state index is 0.102. The van der Waals surface area contributed by atoms with Crippen molar-refractivity contribution in [2.75, 3.05) is 6.54 Å². The van der Waals surface area contributed by atoms with E-state index in [-0.39, 0.29) is 18.4 Å². The summed E-state index contributed by atoms with van der Waals surface area (Å²) in [7, 11) is 0. The van der Waals surface area contributed by atoms with Crippen LogP contribution in [0.4, 0.5) is 0 Å². The Hall–Kier alpha value is -1.32. The molecule has 2 unspecified atom stereocenters. The zero-order chi connectivity index (χ0) is 13.4. The SMILES string of the molecule is C=C(C)CC(C)C(=O)NCC(CCC)C(=O)O. The van der Waals surface area contributed by atoms with E-state index in [4.69, 9.17) is 5.11 Å². The molecule has 0 rings (SSSR count). The molecule has 0 aliphatic carbocycles. The van der Waals surface area contributed by atoms with Crippen LogP contribution >= 0.6 is 0 Å². The van der Waals surface area contributed by atoms with Gasteiger partial charge in [0, 0.05) is 12.5 Å². The molecule has 17 heavy (non-hydrogen) atoms. The van der Waals surface area contributed by atoms with Crippen LogP contribution in [-0.4, -0.2) is 23.5 Å². The van der Waals surface area contributed by atoms with E-state index in [1.807, 2.05) is 20.8 Å². The van der Waals surface area contributed by atoms with Crippen LogP contribution in [0.5, 0.6) is 0 Å². The molecule has 0 fully saturated rings. The highest BCUT2D eigenvalue weighted by Crippen LogP contribution is 2.10. The van der Waals surface area contributed by atoms with Crippen LogP contribution in [0, 0.1) is 11.8 Å². The van der Waals surface area contributed by atoms with Gasteiger partial charge in [0.05, 0.1) is 5.92 Å². The molecule has 0 aliphatic heterocycles. The molecule has 0 aromatic rings.